The van der Waals surface area contributed by atoms with Crippen LogP contribution in [0.25, 0.3) is 0 Å². The zero-order chi connectivity index (χ0) is 18.1. The summed E-state index contributed by atoms with van der Waals surface area (Å²) in [6.07, 6.45) is 2.37. The number of rotatable bonds is 9. The summed E-state index contributed by atoms with van der Waals surface area (Å²) in [4.78, 5) is 12.3. The molecule has 0 aliphatic carbocycles. The lowest BCUT2D eigenvalue weighted by atomic mass is 10.0. The van der Waals surface area contributed by atoms with E-state index in [0.29, 0.717) is 12.5 Å². The van der Waals surface area contributed by atoms with E-state index >= 15 is 0 Å². The number of nitrogens with one attached hydrogen (secondary N) is 1. The molecule has 0 heterocycles. The molecule has 134 valence electrons. The van der Waals surface area contributed by atoms with Crippen LogP contribution in [0.3, 0.4) is 0 Å². The van der Waals surface area contributed by atoms with Gasteiger partial charge in [0.25, 0.3) is 0 Å². The lowest BCUT2D eigenvalue weighted by molar-refractivity contribution is -0.122. The summed E-state index contributed by atoms with van der Waals surface area (Å²) in [5, 5.41) is 3.00. The lowest BCUT2D eigenvalue weighted by Crippen LogP contribution is -2.27. The Labute approximate surface area is 151 Å². The van der Waals surface area contributed by atoms with Gasteiger partial charge >= 0.3 is 0 Å². The highest BCUT2D eigenvalue weighted by Gasteiger charge is 2.14. The van der Waals surface area contributed by atoms with Crippen molar-refractivity contribution in [2.75, 3.05) is 6.61 Å². The number of benzene rings is 2. The molecule has 2 atom stereocenters. The van der Waals surface area contributed by atoms with Gasteiger partial charge in [0, 0.05) is 6.54 Å². The number of ether oxygens (including phenoxy) is 1. The number of carbonyl (C=O) groups is 1. The first-order valence-electron chi connectivity index (χ1n) is 9.14. The molecule has 0 spiro atoms. The van der Waals surface area contributed by atoms with Crippen LogP contribution in [0.1, 0.15) is 50.7 Å². The van der Waals surface area contributed by atoms with Crippen molar-refractivity contribution >= 4 is 5.91 Å². The molecule has 0 radical (unpaired) electrons. The fraction of sp³-hybridized carbons (Fsp3) is 0.409. The molecule has 0 aliphatic heterocycles. The third kappa shape index (κ3) is 6.26. The van der Waals surface area contributed by atoms with Crippen LogP contribution in [0.4, 0.5) is 0 Å². The second kappa shape index (κ2) is 9.87. The van der Waals surface area contributed by atoms with Gasteiger partial charge in [0.05, 0.1) is 12.5 Å². The predicted octanol–water partition coefficient (Wildman–Crippen LogP) is 4.92. The maximum absolute atomic E-state index is 12.3. The van der Waals surface area contributed by atoms with Crippen molar-refractivity contribution in [2.24, 2.45) is 5.92 Å². The molecule has 3 nitrogen and oxygen atoms in total. The monoisotopic (exact) mass is 339 g/mol. The standard InChI is InChI=1S/C22H29NO2/c1-4-8-17(2)16-25-21-13-11-19(12-14-21)15-23-22(24)18(3)20-9-6-5-7-10-20/h5-7,9-14,17-18H,4,8,15-16H2,1-3H3,(H,23,24). The second-order valence-corrected chi connectivity index (χ2v) is 6.70. The minimum absolute atomic E-state index is 0.0416. The van der Waals surface area contributed by atoms with Crippen LogP contribution in [-0.2, 0) is 11.3 Å². The Morgan fingerprint density at radius 1 is 1.04 bits per heavy atom. The largest absolute Gasteiger partial charge is 0.493 e. The van der Waals surface area contributed by atoms with E-state index in [1.54, 1.807) is 0 Å². The Bertz CT molecular complexity index is 637. The quantitative estimate of drug-likeness (QED) is 0.704. The average Bonchev–Trinajstić information content (AvgIpc) is 2.65. The van der Waals surface area contributed by atoms with Crippen LogP contribution in [0.15, 0.2) is 54.6 Å². The summed E-state index contributed by atoms with van der Waals surface area (Å²) < 4.78 is 5.81. The van der Waals surface area contributed by atoms with Gasteiger partial charge < -0.3 is 10.1 Å². The smallest absolute Gasteiger partial charge is 0.227 e. The van der Waals surface area contributed by atoms with E-state index in [1.165, 1.54) is 12.8 Å². The van der Waals surface area contributed by atoms with Gasteiger partial charge in [-0.2, -0.15) is 0 Å². The van der Waals surface area contributed by atoms with Crippen LogP contribution < -0.4 is 10.1 Å². The molecule has 1 N–H and O–H groups in total. The van der Waals surface area contributed by atoms with Gasteiger partial charge in [0.2, 0.25) is 5.91 Å². The molecule has 0 bridgehead atoms. The number of hydrogen-bond acceptors (Lipinski definition) is 2. The molecule has 0 fully saturated rings. The summed E-state index contributed by atoms with van der Waals surface area (Å²) in [6, 6.07) is 17.8. The molecular weight excluding hydrogens is 310 g/mol. The first-order valence-corrected chi connectivity index (χ1v) is 9.14. The second-order valence-electron chi connectivity index (χ2n) is 6.70. The Morgan fingerprint density at radius 3 is 2.36 bits per heavy atom. The molecule has 25 heavy (non-hydrogen) atoms. The van der Waals surface area contributed by atoms with Crippen LogP contribution >= 0.6 is 0 Å². The normalized spacial score (nSPS) is 13.1. The van der Waals surface area contributed by atoms with E-state index in [4.69, 9.17) is 4.74 Å². The van der Waals surface area contributed by atoms with Crippen LogP contribution in [0.2, 0.25) is 0 Å². The SMILES string of the molecule is CCCC(C)COc1ccc(CNC(=O)C(C)c2ccccc2)cc1. The van der Waals surface area contributed by atoms with E-state index in [9.17, 15) is 4.79 Å². The summed E-state index contributed by atoms with van der Waals surface area (Å²) in [7, 11) is 0. The first-order chi connectivity index (χ1) is 12.1. The molecule has 3 heteroatoms. The molecule has 0 aromatic heterocycles. The van der Waals surface area contributed by atoms with Crippen molar-refractivity contribution in [1.82, 2.24) is 5.32 Å². The van der Waals surface area contributed by atoms with Gasteiger partial charge in [0.15, 0.2) is 0 Å². The number of carbonyl (C=O) groups excluding carboxylic acids is 1. The number of hydrogen-bond donors (Lipinski definition) is 1. The minimum Gasteiger partial charge on any atom is -0.493 e. The van der Waals surface area contributed by atoms with Gasteiger partial charge in [-0.1, -0.05) is 62.7 Å². The first kappa shape index (κ1) is 19.0. The van der Waals surface area contributed by atoms with Crippen molar-refractivity contribution in [3.63, 3.8) is 0 Å². The molecule has 2 unspecified atom stereocenters. The summed E-state index contributed by atoms with van der Waals surface area (Å²) in [5.41, 5.74) is 2.10. The average molecular weight is 339 g/mol. The van der Waals surface area contributed by atoms with E-state index in [0.717, 1.165) is 23.5 Å². The van der Waals surface area contributed by atoms with Crippen LogP contribution in [0, 0.1) is 5.92 Å². The summed E-state index contributed by atoms with van der Waals surface area (Å²) >= 11 is 0. The van der Waals surface area contributed by atoms with Crippen molar-refractivity contribution in [3.8, 4) is 5.75 Å². The fourth-order valence-corrected chi connectivity index (χ4v) is 2.75. The maximum atomic E-state index is 12.3. The van der Waals surface area contributed by atoms with Gasteiger partial charge in [-0.15, -0.1) is 0 Å². The van der Waals surface area contributed by atoms with Gasteiger partial charge in [0.1, 0.15) is 5.75 Å². The highest BCUT2D eigenvalue weighted by molar-refractivity contribution is 5.83. The molecule has 0 saturated heterocycles. The zero-order valence-electron chi connectivity index (χ0n) is 15.5. The van der Waals surface area contributed by atoms with Crippen molar-refractivity contribution in [3.05, 3.63) is 65.7 Å². The highest BCUT2D eigenvalue weighted by atomic mass is 16.5. The van der Waals surface area contributed by atoms with Gasteiger partial charge in [-0.05, 0) is 42.5 Å². The maximum Gasteiger partial charge on any atom is 0.227 e. The molecule has 1 amide bonds. The highest BCUT2D eigenvalue weighted by Crippen LogP contribution is 2.16. The Morgan fingerprint density at radius 2 is 1.72 bits per heavy atom. The van der Waals surface area contributed by atoms with Crippen molar-refractivity contribution in [2.45, 2.75) is 46.1 Å². The molecule has 0 saturated carbocycles. The minimum atomic E-state index is -0.149. The summed E-state index contributed by atoms with van der Waals surface area (Å²) in [6.45, 7) is 7.61. The third-order valence-electron chi connectivity index (χ3n) is 4.40. The lowest BCUT2D eigenvalue weighted by Gasteiger charge is -2.14. The zero-order valence-corrected chi connectivity index (χ0v) is 15.5. The van der Waals surface area contributed by atoms with Gasteiger partial charge in [-0.25, -0.2) is 0 Å². The molecule has 2 rings (SSSR count). The van der Waals surface area contributed by atoms with Crippen LogP contribution in [-0.4, -0.2) is 12.5 Å². The van der Waals surface area contributed by atoms with E-state index < -0.39 is 0 Å². The van der Waals surface area contributed by atoms with E-state index in [2.05, 4.69) is 19.2 Å². The topological polar surface area (TPSA) is 38.3 Å². The predicted molar refractivity (Wildman–Crippen MR) is 103 cm³/mol. The summed E-state index contributed by atoms with van der Waals surface area (Å²) in [5.74, 6) is 1.35. The van der Waals surface area contributed by atoms with Gasteiger partial charge in [-0.3, -0.25) is 4.79 Å². The Balaban J connectivity index is 1.80. The molecule has 2 aromatic carbocycles. The Kier molecular flexibility index (Phi) is 7.52. The molecule has 2 aromatic rings. The van der Waals surface area contributed by atoms with E-state index in [1.807, 2.05) is 61.5 Å². The number of amides is 1. The molecule has 0 aliphatic rings. The fourth-order valence-electron chi connectivity index (χ4n) is 2.75. The van der Waals surface area contributed by atoms with Crippen molar-refractivity contribution < 1.29 is 9.53 Å². The van der Waals surface area contributed by atoms with E-state index in [-0.39, 0.29) is 11.8 Å². The molecular formula is C22H29NO2. The van der Waals surface area contributed by atoms with Crippen molar-refractivity contribution in [1.29, 1.82) is 0 Å². The third-order valence-corrected chi connectivity index (χ3v) is 4.40. The Hall–Kier alpha value is -2.29. The van der Waals surface area contributed by atoms with Crippen LogP contribution in [0.5, 0.6) is 5.75 Å².